The van der Waals surface area contributed by atoms with Gasteiger partial charge in [-0.2, -0.15) is 0 Å². The van der Waals surface area contributed by atoms with E-state index in [4.69, 9.17) is 4.74 Å². The van der Waals surface area contributed by atoms with Crippen molar-refractivity contribution in [2.45, 2.75) is 5.92 Å². The van der Waals surface area contributed by atoms with Crippen LogP contribution < -0.4 is 16.6 Å². The Morgan fingerprint density at radius 1 is 1.20 bits per heavy atom. The highest BCUT2D eigenvalue weighted by molar-refractivity contribution is 5.96. The minimum Gasteiger partial charge on any atom is -0.456 e. The number of fused-ring (bicyclic) bond motifs is 1. The number of carbonyl (C=O) groups excluding carboxylic acids is 1. The Hall–Kier alpha value is -3.69. The van der Waals surface area contributed by atoms with Gasteiger partial charge >= 0.3 is 11.7 Å². The van der Waals surface area contributed by atoms with Crippen LogP contribution in [-0.4, -0.2) is 27.5 Å². The fourth-order valence-electron chi connectivity index (χ4n) is 3.13. The van der Waals surface area contributed by atoms with Gasteiger partial charge in [0.15, 0.2) is 0 Å². The van der Waals surface area contributed by atoms with Crippen molar-refractivity contribution in [2.75, 3.05) is 11.9 Å². The predicted molar refractivity (Wildman–Crippen MR) is 84.2 cm³/mol. The van der Waals surface area contributed by atoms with Crippen LogP contribution in [0.4, 0.5) is 11.5 Å². The van der Waals surface area contributed by atoms with Crippen LogP contribution in [0.1, 0.15) is 17.0 Å². The lowest BCUT2D eigenvalue weighted by atomic mass is 9.83. The van der Waals surface area contributed by atoms with Gasteiger partial charge in [0.1, 0.15) is 12.4 Å². The van der Waals surface area contributed by atoms with Gasteiger partial charge < -0.3 is 10.1 Å². The molecular formula is C15H10N4O6. The van der Waals surface area contributed by atoms with Gasteiger partial charge in [-0.15, -0.1) is 0 Å². The number of rotatable bonds is 2. The Morgan fingerprint density at radius 3 is 2.76 bits per heavy atom. The van der Waals surface area contributed by atoms with Gasteiger partial charge in [0.05, 0.1) is 27.7 Å². The third-order valence-corrected chi connectivity index (χ3v) is 4.14. The van der Waals surface area contributed by atoms with Gasteiger partial charge in [-0.3, -0.25) is 24.9 Å². The Morgan fingerprint density at radius 2 is 2.00 bits per heavy atom. The molecule has 10 nitrogen and oxygen atoms in total. The molecule has 1 atom stereocenters. The molecule has 2 aromatic rings. The average molecular weight is 342 g/mol. The van der Waals surface area contributed by atoms with Crippen LogP contribution in [-0.2, 0) is 9.53 Å². The smallest absolute Gasteiger partial charge is 0.337 e. The number of aromatic amines is 2. The number of cyclic esters (lactones) is 1. The van der Waals surface area contributed by atoms with E-state index in [1.807, 2.05) is 0 Å². The maximum atomic E-state index is 12.4. The van der Waals surface area contributed by atoms with Gasteiger partial charge in [0.25, 0.3) is 11.2 Å². The predicted octanol–water partition coefficient (Wildman–Crippen LogP) is 0.340. The Labute approximate surface area is 138 Å². The maximum absolute atomic E-state index is 12.4. The van der Waals surface area contributed by atoms with Crippen molar-refractivity contribution >= 4 is 17.5 Å². The summed E-state index contributed by atoms with van der Waals surface area (Å²) in [5.41, 5.74) is -0.483. The number of benzene rings is 1. The molecule has 3 N–H and O–H groups in total. The van der Waals surface area contributed by atoms with Gasteiger partial charge in [0.2, 0.25) is 0 Å². The Balaban J connectivity index is 2.01. The largest absolute Gasteiger partial charge is 0.456 e. The summed E-state index contributed by atoms with van der Waals surface area (Å²) in [7, 11) is 0. The molecule has 3 heterocycles. The van der Waals surface area contributed by atoms with Gasteiger partial charge in [-0.05, 0) is 5.56 Å². The molecule has 2 aliphatic heterocycles. The fourth-order valence-corrected chi connectivity index (χ4v) is 3.13. The van der Waals surface area contributed by atoms with Crippen LogP contribution in [0.2, 0.25) is 0 Å². The minimum atomic E-state index is -0.887. The zero-order valence-corrected chi connectivity index (χ0v) is 12.5. The summed E-state index contributed by atoms with van der Waals surface area (Å²) in [5, 5.41) is 13.9. The number of nitro benzene ring substituents is 1. The lowest BCUT2D eigenvalue weighted by Crippen LogP contribution is -2.33. The molecule has 1 aromatic carbocycles. The van der Waals surface area contributed by atoms with Crippen LogP contribution in [0.15, 0.2) is 45.1 Å². The van der Waals surface area contributed by atoms with E-state index >= 15 is 0 Å². The van der Waals surface area contributed by atoms with Crippen molar-refractivity contribution in [1.82, 2.24) is 9.97 Å². The van der Waals surface area contributed by atoms with E-state index in [1.165, 1.54) is 18.2 Å². The molecule has 0 saturated carbocycles. The van der Waals surface area contributed by atoms with Crippen molar-refractivity contribution in [3.05, 3.63) is 77.6 Å². The normalized spacial score (nSPS) is 18.2. The molecule has 4 rings (SSSR count). The number of esters is 1. The highest BCUT2D eigenvalue weighted by Crippen LogP contribution is 2.42. The molecule has 0 aliphatic carbocycles. The van der Waals surface area contributed by atoms with Crippen LogP contribution in [0.3, 0.4) is 0 Å². The maximum Gasteiger partial charge on any atom is 0.337 e. The zero-order valence-electron chi connectivity index (χ0n) is 12.5. The summed E-state index contributed by atoms with van der Waals surface area (Å²) >= 11 is 0. The highest BCUT2D eigenvalue weighted by atomic mass is 16.6. The molecule has 126 valence electrons. The molecule has 1 unspecified atom stereocenters. The number of nitro groups is 1. The third-order valence-electron chi connectivity index (χ3n) is 4.14. The zero-order chi connectivity index (χ0) is 17.7. The van der Waals surface area contributed by atoms with Gasteiger partial charge in [-0.25, -0.2) is 9.59 Å². The van der Waals surface area contributed by atoms with Crippen LogP contribution in [0, 0.1) is 10.1 Å². The van der Waals surface area contributed by atoms with Crippen molar-refractivity contribution in [2.24, 2.45) is 0 Å². The minimum absolute atomic E-state index is 0.0339. The first-order valence-corrected chi connectivity index (χ1v) is 7.23. The van der Waals surface area contributed by atoms with E-state index in [0.717, 1.165) is 0 Å². The van der Waals surface area contributed by atoms with E-state index in [0.29, 0.717) is 11.3 Å². The fraction of sp³-hybridized carbons (Fsp3) is 0.133. The number of ether oxygens (including phenoxy) is 1. The third kappa shape index (κ3) is 2.23. The molecule has 0 fully saturated rings. The van der Waals surface area contributed by atoms with E-state index in [9.17, 15) is 24.5 Å². The first-order valence-electron chi connectivity index (χ1n) is 7.23. The summed E-state index contributed by atoms with van der Waals surface area (Å²) in [4.78, 5) is 51.2. The number of carbonyl (C=O) groups is 1. The summed E-state index contributed by atoms with van der Waals surface area (Å²) in [5.74, 6) is -1.36. The molecule has 0 spiro atoms. The first kappa shape index (κ1) is 14.9. The molecule has 2 aliphatic rings. The molecule has 0 saturated heterocycles. The second-order valence-corrected chi connectivity index (χ2v) is 5.58. The van der Waals surface area contributed by atoms with Crippen molar-refractivity contribution < 1.29 is 14.5 Å². The Kier molecular flexibility index (Phi) is 3.07. The first-order chi connectivity index (χ1) is 12.0. The van der Waals surface area contributed by atoms with E-state index in [-0.39, 0.29) is 29.2 Å². The highest BCUT2D eigenvalue weighted by Gasteiger charge is 2.40. The Bertz CT molecular complexity index is 1080. The van der Waals surface area contributed by atoms with E-state index < -0.39 is 28.1 Å². The quantitative estimate of drug-likeness (QED) is 0.405. The van der Waals surface area contributed by atoms with E-state index in [2.05, 4.69) is 15.3 Å². The van der Waals surface area contributed by atoms with Gasteiger partial charge in [0, 0.05) is 12.1 Å². The van der Waals surface area contributed by atoms with E-state index in [1.54, 1.807) is 6.07 Å². The lowest BCUT2D eigenvalue weighted by molar-refractivity contribution is -0.384. The molecule has 1 aromatic heterocycles. The summed E-state index contributed by atoms with van der Waals surface area (Å²) in [6.07, 6.45) is 0. The molecule has 0 amide bonds. The standard InChI is InChI=1S/C15H10N4O6/c20-13-11-9(6-2-1-3-7(4-6)19(23)24)10-8(5-25-14(10)21)16-12(11)17-15(22)18-13/h1-4,9H,5H2,(H3,16,17,18,20,22). The number of nitrogens with one attached hydrogen (secondary N) is 3. The second-order valence-electron chi connectivity index (χ2n) is 5.58. The van der Waals surface area contributed by atoms with Crippen LogP contribution >= 0.6 is 0 Å². The van der Waals surface area contributed by atoms with Crippen LogP contribution in [0.25, 0.3) is 0 Å². The molecule has 0 radical (unpaired) electrons. The SMILES string of the molecule is O=C1OCC2=C1C(c1cccc([N+](=O)[O-])c1)c1c([nH]c(=O)[nH]c1=O)N2. The number of aromatic nitrogens is 2. The molecule has 0 bridgehead atoms. The number of hydrogen-bond donors (Lipinski definition) is 3. The number of nitrogens with zero attached hydrogens (tertiary/aromatic N) is 1. The van der Waals surface area contributed by atoms with Crippen LogP contribution in [0.5, 0.6) is 0 Å². The van der Waals surface area contributed by atoms with Gasteiger partial charge in [-0.1, -0.05) is 12.1 Å². The molecule has 10 heteroatoms. The number of H-pyrrole nitrogens is 2. The average Bonchev–Trinajstić information content (AvgIpc) is 2.93. The summed E-state index contributed by atoms with van der Waals surface area (Å²) in [6, 6.07) is 5.65. The molecule has 25 heavy (non-hydrogen) atoms. The summed E-state index contributed by atoms with van der Waals surface area (Å²) < 4.78 is 5.02. The van der Waals surface area contributed by atoms with Crippen molar-refractivity contribution in [3.8, 4) is 0 Å². The monoisotopic (exact) mass is 342 g/mol. The van der Waals surface area contributed by atoms with Crippen molar-refractivity contribution in [1.29, 1.82) is 0 Å². The summed E-state index contributed by atoms with van der Waals surface area (Å²) in [6.45, 7) is -0.0339. The van der Waals surface area contributed by atoms with Crippen molar-refractivity contribution in [3.63, 3.8) is 0 Å². The number of anilines is 1. The topological polar surface area (TPSA) is 147 Å². The number of hydrogen-bond acceptors (Lipinski definition) is 7. The number of non-ortho nitro benzene ring substituents is 1. The lowest BCUT2D eigenvalue weighted by Gasteiger charge is -2.25. The molecular weight excluding hydrogens is 332 g/mol. The second kappa shape index (κ2) is 5.16.